The molecule has 0 spiro atoms. The molecule has 0 aromatic carbocycles. The van der Waals surface area contributed by atoms with E-state index in [0.29, 0.717) is 0 Å². The summed E-state index contributed by atoms with van der Waals surface area (Å²) in [4.78, 5) is 4.74. The summed E-state index contributed by atoms with van der Waals surface area (Å²) in [6.45, 7) is 2.05. The molecule has 1 aliphatic rings. The van der Waals surface area contributed by atoms with Crippen molar-refractivity contribution in [2.45, 2.75) is 32.6 Å². The number of aromatic nitrogens is 3. The summed E-state index contributed by atoms with van der Waals surface area (Å²) in [6, 6.07) is 2.29. The van der Waals surface area contributed by atoms with Crippen LogP contribution in [0.4, 0.5) is 0 Å². The second-order valence-electron chi connectivity index (χ2n) is 4.38. The second kappa shape index (κ2) is 3.05. The van der Waals surface area contributed by atoms with Gasteiger partial charge < -0.3 is 0 Å². The molecule has 0 amide bonds. The standard InChI is InChI=1S/C12H15N3/c1-8-10-7-9-5-3-4-6-11(9)13-12(10)15(2)14-8/h7H,3-6H2,1-2H3. The van der Waals surface area contributed by atoms with Crippen LogP contribution in [0.3, 0.4) is 0 Å². The number of nitrogens with zero attached hydrogens (tertiary/aromatic N) is 3. The first-order valence-electron chi connectivity index (χ1n) is 5.58. The Bertz CT molecular complexity index is 479. The van der Waals surface area contributed by atoms with Crippen LogP contribution in [0.25, 0.3) is 11.0 Å². The molecular formula is C12H15N3. The van der Waals surface area contributed by atoms with Crippen molar-refractivity contribution in [2.24, 2.45) is 7.05 Å². The van der Waals surface area contributed by atoms with Gasteiger partial charge in [0, 0.05) is 18.1 Å². The van der Waals surface area contributed by atoms with Crippen molar-refractivity contribution < 1.29 is 0 Å². The van der Waals surface area contributed by atoms with Gasteiger partial charge >= 0.3 is 0 Å². The zero-order valence-electron chi connectivity index (χ0n) is 9.25. The van der Waals surface area contributed by atoms with Gasteiger partial charge in [0.1, 0.15) is 0 Å². The number of aryl methyl sites for hydroxylation is 4. The molecule has 2 aromatic heterocycles. The van der Waals surface area contributed by atoms with Crippen LogP contribution >= 0.6 is 0 Å². The van der Waals surface area contributed by atoms with Crippen molar-refractivity contribution in [3.8, 4) is 0 Å². The van der Waals surface area contributed by atoms with Gasteiger partial charge in [0.2, 0.25) is 0 Å². The fourth-order valence-corrected chi connectivity index (χ4v) is 2.46. The third-order valence-electron chi connectivity index (χ3n) is 3.28. The van der Waals surface area contributed by atoms with Gasteiger partial charge in [-0.1, -0.05) is 0 Å². The average Bonchev–Trinajstić information content (AvgIpc) is 2.52. The summed E-state index contributed by atoms with van der Waals surface area (Å²) < 4.78 is 1.89. The van der Waals surface area contributed by atoms with E-state index in [4.69, 9.17) is 4.98 Å². The van der Waals surface area contributed by atoms with Crippen molar-refractivity contribution in [1.29, 1.82) is 0 Å². The number of fused-ring (bicyclic) bond motifs is 2. The van der Waals surface area contributed by atoms with Gasteiger partial charge in [-0.25, -0.2) is 4.98 Å². The van der Waals surface area contributed by atoms with Crippen LogP contribution in [-0.2, 0) is 19.9 Å². The lowest BCUT2D eigenvalue weighted by molar-refractivity contribution is 0.668. The average molecular weight is 201 g/mol. The Balaban J connectivity index is 2.32. The summed E-state index contributed by atoms with van der Waals surface area (Å²) in [6.07, 6.45) is 4.91. The molecule has 3 heteroatoms. The highest BCUT2D eigenvalue weighted by Crippen LogP contribution is 2.25. The maximum Gasteiger partial charge on any atom is 0.158 e. The fourth-order valence-electron chi connectivity index (χ4n) is 2.46. The molecular weight excluding hydrogens is 186 g/mol. The van der Waals surface area contributed by atoms with E-state index in [9.17, 15) is 0 Å². The van der Waals surface area contributed by atoms with Gasteiger partial charge in [0.15, 0.2) is 5.65 Å². The third kappa shape index (κ3) is 1.26. The molecule has 3 rings (SSSR count). The molecule has 0 N–H and O–H groups in total. The SMILES string of the molecule is Cc1nn(C)c2nc3c(cc12)CCCC3. The highest BCUT2D eigenvalue weighted by Gasteiger charge is 2.14. The van der Waals surface area contributed by atoms with E-state index in [1.165, 1.54) is 35.9 Å². The summed E-state index contributed by atoms with van der Waals surface area (Å²) in [7, 11) is 1.97. The van der Waals surface area contributed by atoms with Gasteiger partial charge in [0.25, 0.3) is 0 Å². The molecule has 0 radical (unpaired) electrons. The third-order valence-corrected chi connectivity index (χ3v) is 3.28. The van der Waals surface area contributed by atoms with Crippen molar-refractivity contribution in [1.82, 2.24) is 14.8 Å². The van der Waals surface area contributed by atoms with E-state index in [1.54, 1.807) is 0 Å². The lowest BCUT2D eigenvalue weighted by atomic mass is 9.95. The minimum Gasteiger partial charge on any atom is -0.250 e. The monoisotopic (exact) mass is 201 g/mol. The first-order chi connectivity index (χ1) is 7.25. The predicted octanol–water partition coefficient (Wildman–Crippen LogP) is 2.16. The zero-order valence-corrected chi connectivity index (χ0v) is 9.25. The second-order valence-corrected chi connectivity index (χ2v) is 4.38. The summed E-state index contributed by atoms with van der Waals surface area (Å²) >= 11 is 0. The topological polar surface area (TPSA) is 30.7 Å². The molecule has 2 heterocycles. The Morgan fingerprint density at radius 3 is 2.93 bits per heavy atom. The van der Waals surface area contributed by atoms with Gasteiger partial charge in [0.05, 0.1) is 5.69 Å². The van der Waals surface area contributed by atoms with Crippen LogP contribution < -0.4 is 0 Å². The maximum atomic E-state index is 4.74. The van der Waals surface area contributed by atoms with Gasteiger partial charge in [-0.2, -0.15) is 5.10 Å². The van der Waals surface area contributed by atoms with Crippen LogP contribution in [0.1, 0.15) is 29.8 Å². The summed E-state index contributed by atoms with van der Waals surface area (Å²) in [5.41, 5.74) is 4.85. The molecule has 0 unspecified atom stereocenters. The lowest BCUT2D eigenvalue weighted by Gasteiger charge is -2.14. The minimum atomic E-state index is 1.04. The fraction of sp³-hybridized carbons (Fsp3) is 0.500. The Hall–Kier alpha value is -1.38. The Kier molecular flexibility index (Phi) is 1.81. The first kappa shape index (κ1) is 8.89. The summed E-state index contributed by atoms with van der Waals surface area (Å²) in [5, 5.41) is 5.64. The summed E-state index contributed by atoms with van der Waals surface area (Å²) in [5.74, 6) is 0. The molecule has 0 atom stereocenters. The van der Waals surface area contributed by atoms with E-state index >= 15 is 0 Å². The number of pyridine rings is 1. The van der Waals surface area contributed by atoms with Crippen molar-refractivity contribution >= 4 is 11.0 Å². The Morgan fingerprint density at radius 1 is 1.27 bits per heavy atom. The molecule has 0 saturated heterocycles. The van der Waals surface area contributed by atoms with Crippen LogP contribution in [0.15, 0.2) is 6.07 Å². The first-order valence-corrected chi connectivity index (χ1v) is 5.58. The molecule has 0 saturated carbocycles. The smallest absolute Gasteiger partial charge is 0.158 e. The maximum absolute atomic E-state index is 4.74. The molecule has 3 nitrogen and oxygen atoms in total. The van der Waals surface area contributed by atoms with Gasteiger partial charge in [-0.05, 0) is 44.2 Å². The van der Waals surface area contributed by atoms with Crippen molar-refractivity contribution in [3.63, 3.8) is 0 Å². The van der Waals surface area contributed by atoms with E-state index in [-0.39, 0.29) is 0 Å². The molecule has 78 valence electrons. The number of hydrogen-bond acceptors (Lipinski definition) is 2. The van der Waals surface area contributed by atoms with Crippen LogP contribution in [-0.4, -0.2) is 14.8 Å². The van der Waals surface area contributed by atoms with Crippen molar-refractivity contribution in [3.05, 3.63) is 23.0 Å². The quantitative estimate of drug-likeness (QED) is 0.654. The molecule has 15 heavy (non-hydrogen) atoms. The highest BCUT2D eigenvalue weighted by atomic mass is 15.3. The number of hydrogen-bond donors (Lipinski definition) is 0. The van der Waals surface area contributed by atoms with E-state index in [1.807, 2.05) is 11.7 Å². The lowest BCUT2D eigenvalue weighted by Crippen LogP contribution is -2.06. The van der Waals surface area contributed by atoms with E-state index in [2.05, 4.69) is 18.1 Å². The van der Waals surface area contributed by atoms with Crippen molar-refractivity contribution in [2.75, 3.05) is 0 Å². The molecule has 0 bridgehead atoms. The van der Waals surface area contributed by atoms with Crippen LogP contribution in [0, 0.1) is 6.92 Å². The van der Waals surface area contributed by atoms with Crippen LogP contribution in [0.2, 0.25) is 0 Å². The molecule has 2 aromatic rings. The largest absolute Gasteiger partial charge is 0.250 e. The molecule has 1 aliphatic carbocycles. The van der Waals surface area contributed by atoms with Gasteiger partial charge in [-0.15, -0.1) is 0 Å². The van der Waals surface area contributed by atoms with E-state index in [0.717, 1.165) is 17.8 Å². The number of rotatable bonds is 0. The van der Waals surface area contributed by atoms with Crippen LogP contribution in [0.5, 0.6) is 0 Å². The highest BCUT2D eigenvalue weighted by molar-refractivity contribution is 5.79. The Labute approximate surface area is 89.1 Å². The van der Waals surface area contributed by atoms with Gasteiger partial charge in [-0.3, -0.25) is 4.68 Å². The molecule has 0 aliphatic heterocycles. The zero-order chi connectivity index (χ0) is 10.4. The minimum absolute atomic E-state index is 1.04. The molecule has 0 fully saturated rings. The normalized spacial score (nSPS) is 15.6. The van der Waals surface area contributed by atoms with E-state index < -0.39 is 0 Å². The predicted molar refractivity (Wildman–Crippen MR) is 59.9 cm³/mol. The Morgan fingerprint density at radius 2 is 2.07 bits per heavy atom.